The molecule has 0 aliphatic heterocycles. The fraction of sp³-hybridized carbons (Fsp3) is 0.750. The smallest absolute Gasteiger partial charge is 1.00 e. The van der Waals surface area contributed by atoms with Gasteiger partial charge in [-0.25, -0.2) is 0 Å². The average molecular weight is 146 g/mol. The minimum absolute atomic E-state index is 0. The van der Waals surface area contributed by atoms with Crippen LogP contribution < -0.4 is 18.9 Å². The molecule has 10 heavy (non-hydrogen) atoms. The van der Waals surface area contributed by atoms with Gasteiger partial charge >= 0.3 is 41.9 Å². The molecule has 0 saturated carbocycles. The normalized spacial score (nSPS) is 6.00. The Morgan fingerprint density at radius 1 is 1.00 bits per heavy atom. The van der Waals surface area contributed by atoms with Gasteiger partial charge in [0, 0.05) is 0 Å². The van der Waals surface area contributed by atoms with E-state index in [0.29, 0.717) is 0 Å². The van der Waals surface area contributed by atoms with Gasteiger partial charge < -0.3 is 15.3 Å². The van der Waals surface area contributed by atoms with E-state index in [2.05, 4.69) is 27.7 Å². The van der Waals surface area contributed by atoms with Crippen molar-refractivity contribution in [3.05, 3.63) is 13.8 Å². The van der Waals surface area contributed by atoms with Crippen LogP contribution in [0.2, 0.25) is 0 Å². The monoisotopic (exact) mass is 146 g/mol. The third-order valence-electron chi connectivity index (χ3n) is 0.707. The molecule has 0 fully saturated rings. The molecule has 2 heteroatoms. The summed E-state index contributed by atoms with van der Waals surface area (Å²) in [5.74, 6) is 0. The summed E-state index contributed by atoms with van der Waals surface area (Å²) < 4.78 is 0. The molecule has 0 spiro atoms. The van der Waals surface area contributed by atoms with Crippen LogP contribution in [0.15, 0.2) is 0 Å². The molecule has 0 aliphatic rings. The summed E-state index contributed by atoms with van der Waals surface area (Å²) in [6.45, 7) is 11.4. The molecule has 0 nitrogen and oxygen atoms in total. The number of rotatable bonds is 2. The Morgan fingerprint density at radius 2 is 1.10 bits per heavy atom. The van der Waals surface area contributed by atoms with E-state index in [-0.39, 0.29) is 43.3 Å². The van der Waals surface area contributed by atoms with Gasteiger partial charge in [0.05, 0.1) is 0 Å². The fourth-order valence-corrected chi connectivity index (χ4v) is 0. The van der Waals surface area contributed by atoms with Crippen LogP contribution in [0.25, 0.3) is 0 Å². The molecule has 0 aromatic heterocycles. The van der Waals surface area contributed by atoms with Gasteiger partial charge in [0.2, 0.25) is 0 Å². The summed E-state index contributed by atoms with van der Waals surface area (Å²) in [6, 6.07) is 0. The second kappa shape index (κ2) is 31.6. The van der Waals surface area contributed by atoms with Crippen LogP contribution in [0.4, 0.5) is 0 Å². The van der Waals surface area contributed by atoms with Crippen molar-refractivity contribution in [2.24, 2.45) is 0 Å². The second-order valence-corrected chi connectivity index (χ2v) is 1.71. The third-order valence-corrected chi connectivity index (χ3v) is 0.707. The summed E-state index contributed by atoms with van der Waals surface area (Å²) >= 11 is 0. The van der Waals surface area contributed by atoms with Crippen molar-refractivity contribution in [3.63, 3.8) is 0 Å². The SMILES string of the molecule is [CH2-]CCC.[CH2-]CCC.[H-].[Li+].[Mg+2]. The Hall–Kier alpha value is 1.36. The molecule has 0 amide bonds. The summed E-state index contributed by atoms with van der Waals surface area (Å²) in [5.41, 5.74) is 0. The van der Waals surface area contributed by atoms with E-state index >= 15 is 0 Å². The molecular formula is C8H19LiMg. The number of hydrogen-bond acceptors (Lipinski definition) is 0. The molecule has 0 unspecified atom stereocenters. The topological polar surface area (TPSA) is 0 Å². The van der Waals surface area contributed by atoms with Gasteiger partial charge in [-0.2, -0.15) is 12.8 Å². The molecule has 0 atom stereocenters. The summed E-state index contributed by atoms with van der Waals surface area (Å²) in [4.78, 5) is 0. The predicted octanol–water partition coefficient (Wildman–Crippen LogP) is -0.0231. The maximum atomic E-state index is 3.60. The van der Waals surface area contributed by atoms with Crippen molar-refractivity contribution in [2.45, 2.75) is 39.5 Å². The van der Waals surface area contributed by atoms with Gasteiger partial charge in [-0.1, -0.05) is 26.7 Å². The zero-order chi connectivity index (χ0) is 6.83. The first-order chi connectivity index (χ1) is 3.83. The standard InChI is InChI=1S/2C4H9.Li.Mg.H/c2*1-3-4-2;;;/h2*1,3-4H2,2H3;;;/q2*-1;+1;+2;-1. The molecule has 0 saturated heterocycles. The molecule has 0 aliphatic carbocycles. The molecule has 54 valence electrons. The minimum atomic E-state index is 0. The Bertz CT molecular complexity index is 22.1. The number of unbranched alkanes of at least 4 members (excludes halogenated alkanes) is 2. The van der Waals surface area contributed by atoms with E-state index in [0.717, 1.165) is 12.8 Å². The first-order valence-corrected chi connectivity index (χ1v) is 3.41. The van der Waals surface area contributed by atoms with Crippen LogP contribution in [0.3, 0.4) is 0 Å². The largest absolute Gasteiger partial charge is 2.00 e. The fourth-order valence-electron chi connectivity index (χ4n) is 0. The van der Waals surface area contributed by atoms with Crippen LogP contribution >= 0.6 is 0 Å². The van der Waals surface area contributed by atoms with Gasteiger partial charge in [0.1, 0.15) is 0 Å². The maximum Gasteiger partial charge on any atom is 2.00 e. The van der Waals surface area contributed by atoms with Crippen molar-refractivity contribution in [2.75, 3.05) is 0 Å². The minimum Gasteiger partial charge on any atom is -1.00 e. The van der Waals surface area contributed by atoms with Gasteiger partial charge in [-0.15, -0.1) is 0 Å². The quantitative estimate of drug-likeness (QED) is 0.379. The average Bonchev–Trinajstić information content (AvgIpc) is 1.88. The molecule has 0 rings (SSSR count). The predicted molar refractivity (Wildman–Crippen MR) is 47.4 cm³/mol. The van der Waals surface area contributed by atoms with Crippen molar-refractivity contribution < 1.29 is 20.3 Å². The molecule has 0 heterocycles. The van der Waals surface area contributed by atoms with E-state index < -0.39 is 0 Å². The first kappa shape index (κ1) is 22.5. The Balaban J connectivity index is -0.0000000171. The van der Waals surface area contributed by atoms with Crippen LogP contribution in [-0.2, 0) is 0 Å². The number of hydrogen-bond donors (Lipinski definition) is 0. The van der Waals surface area contributed by atoms with E-state index in [1.54, 1.807) is 0 Å². The van der Waals surface area contributed by atoms with Crippen LogP contribution in [0.1, 0.15) is 41.0 Å². The molecular weight excluding hydrogens is 127 g/mol. The van der Waals surface area contributed by atoms with Gasteiger partial charge in [0.15, 0.2) is 0 Å². The summed E-state index contributed by atoms with van der Waals surface area (Å²) in [5, 5.41) is 0. The van der Waals surface area contributed by atoms with Crippen molar-refractivity contribution in [1.29, 1.82) is 0 Å². The van der Waals surface area contributed by atoms with Gasteiger partial charge in [-0.3, -0.25) is 0 Å². The Kier molecular flexibility index (Phi) is 71.1. The Labute approximate surface area is 96.4 Å². The van der Waals surface area contributed by atoms with E-state index in [4.69, 9.17) is 0 Å². The molecule has 0 bridgehead atoms. The third kappa shape index (κ3) is 57.9. The van der Waals surface area contributed by atoms with Gasteiger partial charge in [-0.05, 0) is 0 Å². The molecule has 0 aromatic rings. The summed E-state index contributed by atoms with van der Waals surface area (Å²) in [7, 11) is 0. The molecule has 0 N–H and O–H groups in total. The zero-order valence-electron chi connectivity index (χ0n) is 8.95. The molecule has 0 aromatic carbocycles. The van der Waals surface area contributed by atoms with Crippen molar-refractivity contribution in [3.8, 4) is 0 Å². The Morgan fingerprint density at radius 3 is 1.10 bits per heavy atom. The first-order valence-electron chi connectivity index (χ1n) is 3.41. The molecule has 0 radical (unpaired) electrons. The zero-order valence-corrected chi connectivity index (χ0v) is 9.36. The van der Waals surface area contributed by atoms with Gasteiger partial charge in [0.25, 0.3) is 0 Å². The van der Waals surface area contributed by atoms with Crippen molar-refractivity contribution >= 4 is 23.1 Å². The van der Waals surface area contributed by atoms with Crippen LogP contribution in [-0.4, -0.2) is 23.1 Å². The van der Waals surface area contributed by atoms with Crippen molar-refractivity contribution in [1.82, 2.24) is 0 Å². The summed E-state index contributed by atoms with van der Waals surface area (Å²) in [6.07, 6.45) is 4.56. The van der Waals surface area contributed by atoms with E-state index in [9.17, 15) is 0 Å². The van der Waals surface area contributed by atoms with Crippen LogP contribution in [0, 0.1) is 13.8 Å². The maximum absolute atomic E-state index is 3.60. The van der Waals surface area contributed by atoms with E-state index in [1.807, 2.05) is 0 Å². The second-order valence-electron chi connectivity index (χ2n) is 1.71. The van der Waals surface area contributed by atoms with Crippen LogP contribution in [0.5, 0.6) is 0 Å². The van der Waals surface area contributed by atoms with E-state index in [1.165, 1.54) is 12.8 Å².